The van der Waals surface area contributed by atoms with Crippen LogP contribution in [0.1, 0.15) is 10.4 Å². The first-order valence-corrected chi connectivity index (χ1v) is 8.48. The minimum Gasteiger partial charge on any atom is -0.293 e. The van der Waals surface area contributed by atoms with E-state index in [0.717, 1.165) is 4.47 Å². The van der Waals surface area contributed by atoms with Gasteiger partial charge in [0.15, 0.2) is 15.6 Å². The number of benzene rings is 2. The third-order valence-corrected chi connectivity index (χ3v) is 4.97. The zero-order valence-electron chi connectivity index (χ0n) is 10.2. The van der Waals surface area contributed by atoms with Gasteiger partial charge in [0, 0.05) is 15.1 Å². The van der Waals surface area contributed by atoms with E-state index < -0.39 is 21.4 Å². The molecule has 0 heterocycles. The number of hydrogen-bond donors (Lipinski definition) is 0. The Labute approximate surface area is 130 Å². The number of halogens is 2. The second-order valence-electron chi connectivity index (χ2n) is 4.15. The minimum absolute atomic E-state index is 0.0494. The molecular formula is C14H10BrClO3S. The van der Waals surface area contributed by atoms with Gasteiger partial charge in [0.05, 0.1) is 4.90 Å². The molecule has 20 heavy (non-hydrogen) atoms. The normalized spacial score (nSPS) is 11.3. The Balaban J connectivity index is 2.27. The Hall–Kier alpha value is -1.17. The van der Waals surface area contributed by atoms with Crippen molar-refractivity contribution in [3.05, 3.63) is 63.6 Å². The number of hydrogen-bond acceptors (Lipinski definition) is 3. The van der Waals surface area contributed by atoms with E-state index in [1.807, 2.05) is 0 Å². The molecule has 0 spiro atoms. The Morgan fingerprint density at radius 1 is 1.10 bits per heavy atom. The maximum Gasteiger partial charge on any atom is 0.185 e. The van der Waals surface area contributed by atoms with E-state index in [1.54, 1.807) is 36.4 Å². The smallest absolute Gasteiger partial charge is 0.185 e. The van der Waals surface area contributed by atoms with E-state index >= 15 is 0 Å². The van der Waals surface area contributed by atoms with Gasteiger partial charge >= 0.3 is 0 Å². The van der Waals surface area contributed by atoms with Crippen molar-refractivity contribution in [2.45, 2.75) is 4.90 Å². The molecule has 0 aliphatic rings. The van der Waals surface area contributed by atoms with Gasteiger partial charge in [0.2, 0.25) is 0 Å². The molecule has 0 bridgehead atoms. The van der Waals surface area contributed by atoms with Crippen LogP contribution in [0.5, 0.6) is 0 Å². The van der Waals surface area contributed by atoms with E-state index in [-0.39, 0.29) is 4.90 Å². The Morgan fingerprint density at radius 2 is 1.80 bits per heavy atom. The standard InChI is InChI=1S/C14H10BrClO3S/c15-11-4-1-3-10(7-11)14(17)9-20(18,19)13-6-2-5-12(16)8-13/h1-8H,9H2. The first-order valence-electron chi connectivity index (χ1n) is 5.65. The van der Waals surface area contributed by atoms with Crippen LogP contribution in [-0.4, -0.2) is 20.0 Å². The molecule has 0 amide bonds. The zero-order chi connectivity index (χ0) is 14.8. The fourth-order valence-corrected chi connectivity index (χ4v) is 3.59. The van der Waals surface area contributed by atoms with Gasteiger partial charge in [-0.1, -0.05) is 45.7 Å². The number of carbonyl (C=O) groups excluding carboxylic acids is 1. The highest BCUT2D eigenvalue weighted by Crippen LogP contribution is 2.19. The van der Waals surface area contributed by atoms with E-state index in [4.69, 9.17) is 11.6 Å². The van der Waals surface area contributed by atoms with Crippen LogP contribution in [0.4, 0.5) is 0 Å². The summed E-state index contributed by atoms with van der Waals surface area (Å²) in [5.74, 6) is -1.03. The summed E-state index contributed by atoms with van der Waals surface area (Å²) in [4.78, 5) is 12.1. The van der Waals surface area contributed by atoms with Gasteiger partial charge < -0.3 is 0 Å². The number of sulfone groups is 1. The molecule has 2 aromatic rings. The van der Waals surface area contributed by atoms with Crippen molar-refractivity contribution in [1.82, 2.24) is 0 Å². The summed E-state index contributed by atoms with van der Waals surface area (Å²) in [6.07, 6.45) is 0. The lowest BCUT2D eigenvalue weighted by Gasteiger charge is -2.05. The van der Waals surface area contributed by atoms with Gasteiger partial charge in [-0.3, -0.25) is 4.79 Å². The number of ketones is 1. The third kappa shape index (κ3) is 3.69. The van der Waals surface area contributed by atoms with Crippen molar-refractivity contribution in [3.63, 3.8) is 0 Å². The maximum atomic E-state index is 12.2. The van der Waals surface area contributed by atoms with Crippen LogP contribution in [0.25, 0.3) is 0 Å². The van der Waals surface area contributed by atoms with Gasteiger partial charge in [-0.2, -0.15) is 0 Å². The molecule has 2 rings (SSSR count). The molecule has 0 saturated carbocycles. The predicted octanol–water partition coefficient (Wildman–Crippen LogP) is 3.76. The molecule has 0 N–H and O–H groups in total. The molecule has 0 aliphatic heterocycles. The number of rotatable bonds is 4. The van der Waals surface area contributed by atoms with Crippen molar-refractivity contribution in [2.24, 2.45) is 0 Å². The summed E-state index contributed by atoms with van der Waals surface area (Å²) in [5.41, 5.74) is 0.352. The molecule has 104 valence electrons. The summed E-state index contributed by atoms with van der Waals surface area (Å²) < 4.78 is 25.0. The highest BCUT2D eigenvalue weighted by atomic mass is 79.9. The average molecular weight is 374 g/mol. The number of Topliss-reactive ketones (excluding diaryl/α,β-unsaturated/α-hetero) is 1. The molecule has 6 heteroatoms. The van der Waals surface area contributed by atoms with Gasteiger partial charge in [0.1, 0.15) is 5.75 Å². The van der Waals surface area contributed by atoms with Crippen LogP contribution in [0.2, 0.25) is 5.02 Å². The van der Waals surface area contributed by atoms with Crippen LogP contribution in [0, 0.1) is 0 Å². The highest BCUT2D eigenvalue weighted by Gasteiger charge is 2.20. The second kappa shape index (κ2) is 6.08. The fourth-order valence-electron chi connectivity index (χ4n) is 1.66. The second-order valence-corrected chi connectivity index (χ2v) is 7.49. The van der Waals surface area contributed by atoms with E-state index in [1.165, 1.54) is 12.1 Å². The molecule has 3 nitrogen and oxygen atoms in total. The molecule has 2 aromatic carbocycles. The molecule has 0 saturated heterocycles. The molecule has 0 radical (unpaired) electrons. The molecule has 0 fully saturated rings. The van der Waals surface area contributed by atoms with Crippen molar-refractivity contribution in [1.29, 1.82) is 0 Å². The van der Waals surface area contributed by atoms with E-state index in [2.05, 4.69) is 15.9 Å². The fraction of sp³-hybridized carbons (Fsp3) is 0.0714. The average Bonchev–Trinajstić information content (AvgIpc) is 2.38. The van der Waals surface area contributed by atoms with Crippen LogP contribution >= 0.6 is 27.5 Å². The highest BCUT2D eigenvalue weighted by molar-refractivity contribution is 9.10. The summed E-state index contributed by atoms with van der Waals surface area (Å²) in [6, 6.07) is 12.5. The molecule has 0 aliphatic carbocycles. The lowest BCUT2D eigenvalue weighted by atomic mass is 10.2. The summed E-state index contributed by atoms with van der Waals surface area (Å²) in [6.45, 7) is 0. The molecular weight excluding hydrogens is 364 g/mol. The topological polar surface area (TPSA) is 51.2 Å². The van der Waals surface area contributed by atoms with Crippen molar-refractivity contribution < 1.29 is 13.2 Å². The molecule has 0 atom stereocenters. The summed E-state index contributed by atoms with van der Waals surface area (Å²) >= 11 is 9.02. The molecule has 0 unspecified atom stereocenters. The first kappa shape index (κ1) is 15.2. The SMILES string of the molecule is O=C(CS(=O)(=O)c1cccc(Cl)c1)c1cccc(Br)c1. The summed E-state index contributed by atoms with van der Waals surface area (Å²) in [7, 11) is -3.69. The van der Waals surface area contributed by atoms with Gasteiger partial charge in [-0.05, 0) is 30.3 Å². The van der Waals surface area contributed by atoms with Gasteiger partial charge in [0.25, 0.3) is 0 Å². The lowest BCUT2D eigenvalue weighted by Crippen LogP contribution is -2.16. The third-order valence-electron chi connectivity index (χ3n) is 2.62. The lowest BCUT2D eigenvalue weighted by molar-refractivity contribution is 0.102. The zero-order valence-corrected chi connectivity index (χ0v) is 13.4. The monoisotopic (exact) mass is 372 g/mol. The first-order chi connectivity index (χ1) is 9.38. The quantitative estimate of drug-likeness (QED) is 0.767. The van der Waals surface area contributed by atoms with Crippen LogP contribution in [0.3, 0.4) is 0 Å². The Bertz CT molecular complexity index is 757. The van der Waals surface area contributed by atoms with Crippen molar-refractivity contribution in [3.8, 4) is 0 Å². The van der Waals surface area contributed by atoms with Crippen molar-refractivity contribution in [2.75, 3.05) is 5.75 Å². The van der Waals surface area contributed by atoms with Crippen LogP contribution in [-0.2, 0) is 9.84 Å². The van der Waals surface area contributed by atoms with E-state index in [0.29, 0.717) is 10.6 Å². The van der Waals surface area contributed by atoms with Crippen molar-refractivity contribution >= 4 is 43.2 Å². The van der Waals surface area contributed by atoms with Crippen LogP contribution in [0.15, 0.2) is 57.9 Å². The predicted molar refractivity (Wildman–Crippen MR) is 82.0 cm³/mol. The summed E-state index contributed by atoms with van der Waals surface area (Å²) in [5, 5.41) is 0.320. The van der Waals surface area contributed by atoms with Gasteiger partial charge in [-0.25, -0.2) is 8.42 Å². The van der Waals surface area contributed by atoms with E-state index in [9.17, 15) is 13.2 Å². The molecule has 0 aromatic heterocycles. The minimum atomic E-state index is -3.69. The largest absolute Gasteiger partial charge is 0.293 e. The Kier molecular flexibility index (Phi) is 4.62. The van der Waals surface area contributed by atoms with Gasteiger partial charge in [-0.15, -0.1) is 0 Å². The maximum absolute atomic E-state index is 12.2. The van der Waals surface area contributed by atoms with Crippen LogP contribution < -0.4 is 0 Å². The Morgan fingerprint density at radius 3 is 2.45 bits per heavy atom. The number of carbonyl (C=O) groups is 1.